The van der Waals surface area contributed by atoms with Crippen molar-refractivity contribution in [2.45, 2.75) is 13.5 Å². The van der Waals surface area contributed by atoms with Gasteiger partial charge in [-0.1, -0.05) is 23.7 Å². The number of ether oxygens (including phenoxy) is 2. The number of pyridine rings is 1. The summed E-state index contributed by atoms with van der Waals surface area (Å²) in [5, 5.41) is 3.69. The Morgan fingerprint density at radius 2 is 1.91 bits per heavy atom. The van der Waals surface area contributed by atoms with Gasteiger partial charge in [-0.3, -0.25) is 19.5 Å². The molecule has 8 nitrogen and oxygen atoms in total. The Morgan fingerprint density at radius 1 is 1.17 bits per heavy atom. The van der Waals surface area contributed by atoms with E-state index in [2.05, 4.69) is 15.3 Å². The number of carbonyl (C=O) groups excluding carboxylic acids is 2. The van der Waals surface area contributed by atoms with E-state index >= 15 is 0 Å². The highest BCUT2D eigenvalue weighted by Gasteiger charge is 2.37. The van der Waals surface area contributed by atoms with Gasteiger partial charge >= 0.3 is 5.97 Å². The van der Waals surface area contributed by atoms with Gasteiger partial charge in [-0.25, -0.2) is 9.37 Å². The van der Waals surface area contributed by atoms with Crippen LogP contribution in [-0.4, -0.2) is 40.9 Å². The topological polar surface area (TPSA) is 93.1 Å². The molecule has 10 heteroatoms. The molecule has 1 aromatic heterocycles. The van der Waals surface area contributed by atoms with E-state index in [4.69, 9.17) is 21.1 Å². The van der Waals surface area contributed by atoms with Gasteiger partial charge in [-0.15, -0.1) is 0 Å². The van der Waals surface area contributed by atoms with Crippen LogP contribution in [0.4, 0.5) is 10.1 Å². The number of rotatable bonds is 7. The lowest BCUT2D eigenvalue weighted by atomic mass is 10.1. The number of halogens is 2. The molecule has 0 radical (unpaired) electrons. The summed E-state index contributed by atoms with van der Waals surface area (Å²) in [4.78, 5) is 35.2. The third-order valence-corrected chi connectivity index (χ3v) is 5.37. The van der Waals surface area contributed by atoms with Gasteiger partial charge in [0.05, 0.1) is 19.7 Å². The number of aliphatic imine (C=N–C) groups is 1. The van der Waals surface area contributed by atoms with Crippen LogP contribution in [-0.2, 0) is 20.9 Å². The first-order valence-corrected chi connectivity index (χ1v) is 11.2. The summed E-state index contributed by atoms with van der Waals surface area (Å²) in [6.07, 6.45) is 1.44. The molecule has 4 rings (SSSR count). The molecule has 1 N–H and O–H groups in total. The highest BCUT2D eigenvalue weighted by Crippen LogP contribution is 2.25. The molecule has 0 aliphatic carbocycles. The fraction of sp³-hybridized carbons (Fsp3) is 0.200. The summed E-state index contributed by atoms with van der Waals surface area (Å²) < 4.78 is 24.3. The van der Waals surface area contributed by atoms with Gasteiger partial charge in [-0.2, -0.15) is 0 Å². The molecule has 2 heterocycles. The van der Waals surface area contributed by atoms with Crippen molar-refractivity contribution in [2.75, 3.05) is 18.5 Å². The number of amides is 1. The maximum absolute atomic E-state index is 13.8. The molecule has 0 spiro atoms. The minimum absolute atomic E-state index is 0.0305. The van der Waals surface area contributed by atoms with Crippen molar-refractivity contribution in [1.82, 2.24) is 9.88 Å². The highest BCUT2D eigenvalue weighted by molar-refractivity contribution is 6.30. The summed E-state index contributed by atoms with van der Waals surface area (Å²) in [5.74, 6) is -2.07. The van der Waals surface area contributed by atoms with Crippen molar-refractivity contribution in [3.05, 3.63) is 83.3 Å². The summed E-state index contributed by atoms with van der Waals surface area (Å²) in [6, 6.07) is 16.4. The second kappa shape index (κ2) is 11.0. The number of benzene rings is 2. The van der Waals surface area contributed by atoms with Crippen LogP contribution in [0.25, 0.3) is 0 Å². The Morgan fingerprint density at radius 3 is 2.60 bits per heavy atom. The second-order valence-corrected chi connectivity index (χ2v) is 8.00. The number of esters is 1. The van der Waals surface area contributed by atoms with E-state index in [1.165, 1.54) is 23.2 Å². The lowest BCUT2D eigenvalue weighted by Gasteiger charge is -2.31. The van der Waals surface area contributed by atoms with E-state index in [-0.39, 0.29) is 31.5 Å². The number of carbonyl (C=O) groups is 2. The monoisotopic (exact) mass is 496 g/mol. The molecule has 2 aromatic carbocycles. The predicted molar refractivity (Wildman–Crippen MR) is 129 cm³/mol. The fourth-order valence-electron chi connectivity index (χ4n) is 3.38. The van der Waals surface area contributed by atoms with E-state index in [1.54, 1.807) is 55.5 Å². The number of hydrogen-bond donors (Lipinski definition) is 1. The van der Waals surface area contributed by atoms with Crippen molar-refractivity contribution in [3.8, 4) is 11.6 Å². The Balaban J connectivity index is 1.53. The first kappa shape index (κ1) is 24.2. The first-order chi connectivity index (χ1) is 16.9. The molecule has 1 amide bonds. The van der Waals surface area contributed by atoms with Crippen molar-refractivity contribution < 1.29 is 23.5 Å². The Bertz CT molecular complexity index is 1230. The van der Waals surface area contributed by atoms with E-state index in [1.807, 2.05) is 0 Å². The van der Waals surface area contributed by atoms with Crippen LogP contribution in [0.3, 0.4) is 0 Å². The highest BCUT2D eigenvalue weighted by atomic mass is 35.5. The molecule has 1 unspecified atom stereocenters. The van der Waals surface area contributed by atoms with Gasteiger partial charge < -0.3 is 14.8 Å². The molecule has 3 aromatic rings. The zero-order chi connectivity index (χ0) is 24.8. The molecule has 1 aliphatic rings. The van der Waals surface area contributed by atoms with Crippen LogP contribution in [0.15, 0.2) is 71.9 Å². The van der Waals surface area contributed by atoms with Gasteiger partial charge in [0.15, 0.2) is 11.7 Å². The molecule has 0 saturated heterocycles. The second-order valence-electron chi connectivity index (χ2n) is 7.56. The van der Waals surface area contributed by atoms with Crippen LogP contribution >= 0.6 is 11.6 Å². The zero-order valence-corrected chi connectivity index (χ0v) is 19.5. The standard InChI is InChI=1S/C25H22ClFN4O4/c1-2-34-24(33)20-14-29-25(31(23(20)32)15-16-5-7-17(26)8-6-16)30-18-9-11-19(12-10-18)35-22-21(27)4-3-13-28-22/h3-13,20H,2,14-15H2,1H3,(H,29,30). The van der Waals surface area contributed by atoms with Gasteiger partial charge in [0, 0.05) is 16.9 Å². The number of anilines is 1. The normalized spacial score (nSPS) is 15.4. The average molecular weight is 497 g/mol. The third kappa shape index (κ3) is 5.93. The van der Waals surface area contributed by atoms with Gasteiger partial charge in [0.25, 0.3) is 5.88 Å². The maximum atomic E-state index is 13.8. The van der Waals surface area contributed by atoms with Gasteiger partial charge in [-0.05, 0) is 61.0 Å². The summed E-state index contributed by atoms with van der Waals surface area (Å²) in [5.41, 5.74) is 1.42. The number of nitrogens with one attached hydrogen (secondary N) is 1. The number of aromatic nitrogens is 1. The average Bonchev–Trinajstić information content (AvgIpc) is 2.85. The number of guanidine groups is 1. The van der Waals surface area contributed by atoms with Crippen molar-refractivity contribution in [1.29, 1.82) is 0 Å². The molecular formula is C25H22ClFN4O4. The quantitative estimate of drug-likeness (QED) is 0.378. The molecule has 1 aliphatic heterocycles. The van der Waals surface area contributed by atoms with Crippen molar-refractivity contribution in [3.63, 3.8) is 0 Å². The predicted octanol–water partition coefficient (Wildman–Crippen LogP) is 4.66. The number of hydrogen-bond acceptors (Lipinski definition) is 7. The summed E-state index contributed by atoms with van der Waals surface area (Å²) in [6.45, 7) is 2.00. The van der Waals surface area contributed by atoms with E-state index in [9.17, 15) is 14.0 Å². The smallest absolute Gasteiger partial charge is 0.320 e. The van der Waals surface area contributed by atoms with Crippen LogP contribution in [0.2, 0.25) is 5.02 Å². The van der Waals surface area contributed by atoms with Gasteiger partial charge in [0.1, 0.15) is 5.75 Å². The van der Waals surface area contributed by atoms with Crippen LogP contribution in [0, 0.1) is 11.7 Å². The minimum Gasteiger partial charge on any atom is -0.465 e. The summed E-state index contributed by atoms with van der Waals surface area (Å²) >= 11 is 5.98. The summed E-state index contributed by atoms with van der Waals surface area (Å²) in [7, 11) is 0. The van der Waals surface area contributed by atoms with E-state index < -0.39 is 23.6 Å². The molecule has 35 heavy (non-hydrogen) atoms. The molecule has 180 valence electrons. The van der Waals surface area contributed by atoms with Crippen LogP contribution in [0.5, 0.6) is 11.6 Å². The lowest BCUT2D eigenvalue weighted by Crippen LogP contribution is -2.50. The van der Waals surface area contributed by atoms with Crippen molar-refractivity contribution in [2.24, 2.45) is 10.9 Å². The van der Waals surface area contributed by atoms with Crippen LogP contribution in [0.1, 0.15) is 12.5 Å². The third-order valence-electron chi connectivity index (χ3n) is 5.12. The lowest BCUT2D eigenvalue weighted by molar-refractivity contribution is -0.154. The molecule has 0 saturated carbocycles. The first-order valence-electron chi connectivity index (χ1n) is 10.9. The largest absolute Gasteiger partial charge is 0.465 e. The van der Waals surface area contributed by atoms with E-state index in [0.717, 1.165) is 5.56 Å². The van der Waals surface area contributed by atoms with Gasteiger partial charge in [0.2, 0.25) is 11.9 Å². The number of nitrogens with zero attached hydrogens (tertiary/aromatic N) is 3. The molecule has 0 bridgehead atoms. The molecule has 0 fully saturated rings. The maximum Gasteiger partial charge on any atom is 0.320 e. The Hall–Kier alpha value is -3.98. The SMILES string of the molecule is CCOC(=O)C1CN=C(Nc2ccc(Oc3ncccc3F)cc2)N(Cc2ccc(Cl)cc2)C1=O. The fourth-order valence-corrected chi connectivity index (χ4v) is 3.50. The Labute approximate surface area is 206 Å². The minimum atomic E-state index is -1.02. The Kier molecular flexibility index (Phi) is 7.57. The van der Waals surface area contributed by atoms with E-state index in [0.29, 0.717) is 16.5 Å². The van der Waals surface area contributed by atoms with Crippen molar-refractivity contribution >= 4 is 35.1 Å². The van der Waals surface area contributed by atoms with Crippen LogP contribution < -0.4 is 10.1 Å². The molecular weight excluding hydrogens is 475 g/mol. The molecule has 1 atom stereocenters. The zero-order valence-electron chi connectivity index (χ0n) is 18.8.